The molecule has 0 atom stereocenters. The van der Waals surface area contributed by atoms with Gasteiger partial charge in [0.15, 0.2) is 0 Å². The van der Waals surface area contributed by atoms with E-state index in [9.17, 15) is 0 Å². The summed E-state index contributed by atoms with van der Waals surface area (Å²) in [4.78, 5) is 2.29. The van der Waals surface area contributed by atoms with Gasteiger partial charge < -0.3 is 5.73 Å². The maximum Gasteiger partial charge on any atom is 0.0456 e. The number of nitrogen functional groups attached to an aromatic ring is 1. The zero-order valence-electron chi connectivity index (χ0n) is 13.1. The molecule has 0 aliphatic carbocycles. The van der Waals surface area contributed by atoms with Crippen molar-refractivity contribution in [1.29, 1.82) is 0 Å². The van der Waals surface area contributed by atoms with Gasteiger partial charge in [-0.3, -0.25) is 0 Å². The van der Waals surface area contributed by atoms with E-state index in [2.05, 4.69) is 54.6 Å². The van der Waals surface area contributed by atoms with E-state index < -0.39 is 0 Å². The fourth-order valence-electron chi connectivity index (χ4n) is 2.38. The molecule has 0 saturated heterocycles. The molecule has 0 unspecified atom stereocenters. The molecule has 0 aromatic heterocycles. The first-order chi connectivity index (χ1) is 11.3. The van der Waals surface area contributed by atoms with Crippen LogP contribution in [0.25, 0.3) is 16.8 Å². The Balaban J connectivity index is 1.89. The molecule has 3 rings (SSSR count). The molecule has 3 aromatic carbocycles. The second kappa shape index (κ2) is 7.21. The van der Waals surface area contributed by atoms with Gasteiger partial charge in [-0.15, -0.1) is 0 Å². The van der Waals surface area contributed by atoms with Crippen LogP contribution in [0.2, 0.25) is 0 Å². The standard InChI is InChI=1S/C21H19NS/c1-2-3-4-7-16-10-13-20(22)21(14-16)23-19-12-11-17-8-5-6-9-18(17)15-19/h2-15H,22H2,1H3/b3-2-,7-4-. The molecule has 0 bridgehead atoms. The predicted molar refractivity (Wildman–Crippen MR) is 103 cm³/mol. The third-order valence-corrected chi connectivity index (χ3v) is 4.64. The lowest BCUT2D eigenvalue weighted by atomic mass is 10.1. The van der Waals surface area contributed by atoms with E-state index in [-0.39, 0.29) is 0 Å². The summed E-state index contributed by atoms with van der Waals surface area (Å²) < 4.78 is 0. The van der Waals surface area contributed by atoms with Gasteiger partial charge in [-0.25, -0.2) is 0 Å². The maximum absolute atomic E-state index is 6.15. The van der Waals surface area contributed by atoms with Crippen LogP contribution in [0.5, 0.6) is 0 Å². The van der Waals surface area contributed by atoms with Crippen molar-refractivity contribution in [3.05, 3.63) is 84.5 Å². The van der Waals surface area contributed by atoms with Crippen molar-refractivity contribution in [3.8, 4) is 0 Å². The van der Waals surface area contributed by atoms with Crippen LogP contribution in [0.1, 0.15) is 12.5 Å². The second-order valence-corrected chi connectivity index (χ2v) is 6.41. The second-order valence-electron chi connectivity index (χ2n) is 5.29. The Morgan fingerprint density at radius 1 is 0.870 bits per heavy atom. The summed E-state index contributed by atoms with van der Waals surface area (Å²) in [5, 5.41) is 2.51. The molecule has 2 heteroatoms. The van der Waals surface area contributed by atoms with Crippen molar-refractivity contribution in [2.45, 2.75) is 16.7 Å². The first kappa shape index (κ1) is 15.4. The Morgan fingerprint density at radius 3 is 2.52 bits per heavy atom. The largest absolute Gasteiger partial charge is 0.398 e. The van der Waals surface area contributed by atoms with Gasteiger partial charge in [0.05, 0.1) is 0 Å². The highest BCUT2D eigenvalue weighted by molar-refractivity contribution is 7.99. The molecule has 0 spiro atoms. The third kappa shape index (κ3) is 3.85. The smallest absolute Gasteiger partial charge is 0.0456 e. The summed E-state index contributed by atoms with van der Waals surface area (Å²) in [5.41, 5.74) is 8.11. The average Bonchev–Trinajstić information content (AvgIpc) is 2.58. The van der Waals surface area contributed by atoms with Crippen molar-refractivity contribution in [2.24, 2.45) is 0 Å². The summed E-state index contributed by atoms with van der Waals surface area (Å²) in [6, 6.07) is 21.1. The van der Waals surface area contributed by atoms with Gasteiger partial charge >= 0.3 is 0 Å². The van der Waals surface area contributed by atoms with Gasteiger partial charge in [0.1, 0.15) is 0 Å². The van der Waals surface area contributed by atoms with E-state index in [1.54, 1.807) is 11.8 Å². The monoisotopic (exact) mass is 317 g/mol. The number of anilines is 1. The summed E-state index contributed by atoms with van der Waals surface area (Å²) in [7, 11) is 0. The Bertz CT molecular complexity index is 878. The SMILES string of the molecule is C/C=C\C=C/c1ccc(N)c(Sc2ccc3ccccc3c2)c1. The highest BCUT2D eigenvalue weighted by Crippen LogP contribution is 2.34. The molecule has 0 saturated carbocycles. The first-order valence-electron chi connectivity index (χ1n) is 7.62. The minimum Gasteiger partial charge on any atom is -0.398 e. The zero-order chi connectivity index (χ0) is 16.1. The molecule has 0 radical (unpaired) electrons. The van der Waals surface area contributed by atoms with E-state index in [4.69, 9.17) is 5.73 Å². The van der Waals surface area contributed by atoms with Crippen LogP contribution >= 0.6 is 11.8 Å². The number of nitrogens with two attached hydrogens (primary N) is 1. The number of allylic oxidation sites excluding steroid dienone is 3. The minimum atomic E-state index is 0.811. The van der Waals surface area contributed by atoms with Crippen LogP contribution in [-0.4, -0.2) is 0 Å². The van der Waals surface area contributed by atoms with E-state index in [1.165, 1.54) is 15.7 Å². The van der Waals surface area contributed by atoms with E-state index in [0.717, 1.165) is 16.1 Å². The number of rotatable bonds is 4. The lowest BCUT2D eigenvalue weighted by Gasteiger charge is -2.08. The number of benzene rings is 3. The summed E-state index contributed by atoms with van der Waals surface area (Å²) in [5.74, 6) is 0. The highest BCUT2D eigenvalue weighted by atomic mass is 32.2. The number of fused-ring (bicyclic) bond motifs is 1. The van der Waals surface area contributed by atoms with Crippen molar-refractivity contribution in [2.75, 3.05) is 5.73 Å². The van der Waals surface area contributed by atoms with Gasteiger partial charge in [0, 0.05) is 15.5 Å². The summed E-state index contributed by atoms with van der Waals surface area (Å²) in [6.45, 7) is 2.01. The quantitative estimate of drug-likeness (QED) is 0.460. The van der Waals surface area contributed by atoms with E-state index >= 15 is 0 Å². The lowest BCUT2D eigenvalue weighted by molar-refractivity contribution is 1.41. The number of hydrogen-bond acceptors (Lipinski definition) is 2. The minimum absolute atomic E-state index is 0.811. The highest BCUT2D eigenvalue weighted by Gasteiger charge is 2.04. The van der Waals surface area contributed by atoms with Crippen LogP contribution in [0.15, 0.2) is 88.7 Å². The molecule has 114 valence electrons. The molecule has 0 aliphatic heterocycles. The Kier molecular flexibility index (Phi) is 4.84. The van der Waals surface area contributed by atoms with Crippen molar-refractivity contribution in [3.63, 3.8) is 0 Å². The molecule has 2 N–H and O–H groups in total. The van der Waals surface area contributed by atoms with Crippen LogP contribution in [0, 0.1) is 0 Å². The fraction of sp³-hybridized carbons (Fsp3) is 0.0476. The lowest BCUT2D eigenvalue weighted by Crippen LogP contribution is -1.89. The van der Waals surface area contributed by atoms with Gasteiger partial charge in [-0.2, -0.15) is 0 Å². The van der Waals surface area contributed by atoms with Gasteiger partial charge in [-0.1, -0.05) is 72.5 Å². The van der Waals surface area contributed by atoms with Crippen LogP contribution < -0.4 is 5.73 Å². The molecule has 0 aliphatic rings. The maximum atomic E-state index is 6.15. The van der Waals surface area contributed by atoms with Gasteiger partial charge in [0.25, 0.3) is 0 Å². The van der Waals surface area contributed by atoms with Crippen LogP contribution in [0.4, 0.5) is 5.69 Å². The Labute approximate surface area is 141 Å². The molecule has 3 aromatic rings. The molecule has 0 heterocycles. The molecular formula is C21H19NS. The molecule has 1 nitrogen and oxygen atoms in total. The molecular weight excluding hydrogens is 298 g/mol. The van der Waals surface area contributed by atoms with E-state index in [1.807, 2.05) is 37.3 Å². The Morgan fingerprint density at radius 2 is 1.70 bits per heavy atom. The number of hydrogen-bond donors (Lipinski definition) is 1. The third-order valence-electron chi connectivity index (χ3n) is 3.58. The van der Waals surface area contributed by atoms with E-state index in [0.29, 0.717) is 0 Å². The Hall–Kier alpha value is -2.45. The molecule has 0 fully saturated rings. The zero-order valence-corrected chi connectivity index (χ0v) is 13.9. The van der Waals surface area contributed by atoms with Gasteiger partial charge in [-0.05, 0) is 47.5 Å². The van der Waals surface area contributed by atoms with Crippen molar-refractivity contribution in [1.82, 2.24) is 0 Å². The topological polar surface area (TPSA) is 26.0 Å². The summed E-state index contributed by atoms with van der Waals surface area (Å²) in [6.07, 6.45) is 8.16. The van der Waals surface area contributed by atoms with Crippen molar-refractivity contribution >= 4 is 34.3 Å². The van der Waals surface area contributed by atoms with Crippen molar-refractivity contribution < 1.29 is 0 Å². The average molecular weight is 317 g/mol. The predicted octanol–water partition coefficient (Wildman–Crippen LogP) is 6.16. The normalized spacial score (nSPS) is 11.7. The molecule has 0 amide bonds. The summed E-state index contributed by atoms with van der Waals surface area (Å²) >= 11 is 1.71. The van der Waals surface area contributed by atoms with Gasteiger partial charge in [0.2, 0.25) is 0 Å². The molecule has 23 heavy (non-hydrogen) atoms. The fourth-order valence-corrected chi connectivity index (χ4v) is 3.34. The van der Waals surface area contributed by atoms with Crippen LogP contribution in [-0.2, 0) is 0 Å². The first-order valence-corrected chi connectivity index (χ1v) is 8.43. The van der Waals surface area contributed by atoms with Crippen LogP contribution in [0.3, 0.4) is 0 Å².